The summed E-state index contributed by atoms with van der Waals surface area (Å²) >= 11 is 7.49. The second kappa shape index (κ2) is 9.53. The molecule has 0 fully saturated rings. The van der Waals surface area contributed by atoms with Crippen LogP contribution in [0.2, 0.25) is 5.02 Å². The van der Waals surface area contributed by atoms with Crippen molar-refractivity contribution in [1.82, 2.24) is 10.3 Å². The van der Waals surface area contributed by atoms with Gasteiger partial charge < -0.3 is 5.32 Å². The van der Waals surface area contributed by atoms with E-state index in [4.69, 9.17) is 16.6 Å². The molecule has 3 nitrogen and oxygen atoms in total. The highest BCUT2D eigenvalue weighted by molar-refractivity contribution is 7.13. The first-order valence-corrected chi connectivity index (χ1v) is 10.7. The SMILES string of the molecule is O=C(/C=C/c1ccc(Cl)cc1)NCc1cccc(-c2nc(-c3ccccc3)cs2)c1. The lowest BCUT2D eigenvalue weighted by molar-refractivity contribution is -0.116. The lowest BCUT2D eigenvalue weighted by Crippen LogP contribution is -2.20. The normalized spacial score (nSPS) is 11.0. The zero-order valence-corrected chi connectivity index (χ0v) is 17.7. The van der Waals surface area contributed by atoms with E-state index in [1.54, 1.807) is 29.5 Å². The molecule has 1 N–H and O–H groups in total. The van der Waals surface area contributed by atoms with Crippen molar-refractivity contribution in [3.63, 3.8) is 0 Å². The van der Waals surface area contributed by atoms with Crippen molar-refractivity contribution in [1.29, 1.82) is 0 Å². The van der Waals surface area contributed by atoms with E-state index in [0.717, 1.165) is 33.0 Å². The van der Waals surface area contributed by atoms with E-state index in [1.807, 2.05) is 48.5 Å². The molecule has 1 amide bonds. The Morgan fingerprint density at radius 2 is 1.73 bits per heavy atom. The summed E-state index contributed by atoms with van der Waals surface area (Å²) in [7, 11) is 0. The highest BCUT2D eigenvalue weighted by atomic mass is 35.5. The summed E-state index contributed by atoms with van der Waals surface area (Å²) in [6.07, 6.45) is 3.29. The molecular formula is C25H19ClN2OS. The Morgan fingerprint density at radius 1 is 0.967 bits per heavy atom. The highest BCUT2D eigenvalue weighted by Gasteiger charge is 2.07. The van der Waals surface area contributed by atoms with Crippen LogP contribution in [0.25, 0.3) is 27.9 Å². The molecule has 148 valence electrons. The zero-order chi connectivity index (χ0) is 20.8. The number of nitrogens with zero attached hydrogens (tertiary/aromatic N) is 1. The van der Waals surface area contributed by atoms with Crippen molar-refractivity contribution >= 4 is 34.9 Å². The van der Waals surface area contributed by atoms with Crippen molar-refractivity contribution in [2.75, 3.05) is 0 Å². The van der Waals surface area contributed by atoms with Crippen molar-refractivity contribution in [2.45, 2.75) is 6.54 Å². The highest BCUT2D eigenvalue weighted by Crippen LogP contribution is 2.29. The summed E-state index contributed by atoms with van der Waals surface area (Å²) in [6.45, 7) is 0.453. The molecule has 4 rings (SSSR count). The van der Waals surface area contributed by atoms with Gasteiger partial charge in [0, 0.05) is 34.2 Å². The molecule has 30 heavy (non-hydrogen) atoms. The Labute approximate surface area is 184 Å². The number of carbonyl (C=O) groups excluding carboxylic acids is 1. The summed E-state index contributed by atoms with van der Waals surface area (Å²) in [5.74, 6) is -0.143. The van der Waals surface area contributed by atoms with Crippen molar-refractivity contribution in [3.8, 4) is 21.8 Å². The van der Waals surface area contributed by atoms with Gasteiger partial charge in [-0.15, -0.1) is 11.3 Å². The lowest BCUT2D eigenvalue weighted by atomic mass is 10.1. The predicted octanol–water partition coefficient (Wildman–Crippen LogP) is 6.46. The van der Waals surface area contributed by atoms with Crippen LogP contribution in [-0.4, -0.2) is 10.9 Å². The smallest absolute Gasteiger partial charge is 0.244 e. The standard InChI is InChI=1S/C25H19ClN2OS/c26-22-12-9-18(10-13-22)11-14-24(29)27-16-19-5-4-8-21(15-19)25-28-23(17-30-25)20-6-2-1-3-7-20/h1-15,17H,16H2,(H,27,29)/b14-11+. The molecule has 0 radical (unpaired) electrons. The maximum absolute atomic E-state index is 12.1. The second-order valence-corrected chi connectivity index (χ2v) is 8.00. The maximum Gasteiger partial charge on any atom is 0.244 e. The zero-order valence-electron chi connectivity index (χ0n) is 16.1. The molecule has 0 spiro atoms. The fourth-order valence-corrected chi connectivity index (χ4v) is 3.91. The Balaban J connectivity index is 1.39. The number of hydrogen-bond acceptors (Lipinski definition) is 3. The fraction of sp³-hybridized carbons (Fsp3) is 0.0400. The van der Waals surface area contributed by atoms with Crippen LogP contribution >= 0.6 is 22.9 Å². The van der Waals surface area contributed by atoms with Crippen molar-refractivity contribution in [2.24, 2.45) is 0 Å². The first kappa shape index (κ1) is 20.1. The van der Waals surface area contributed by atoms with Gasteiger partial charge >= 0.3 is 0 Å². The molecule has 4 aromatic rings. The van der Waals surface area contributed by atoms with Crippen molar-refractivity contribution < 1.29 is 4.79 Å². The van der Waals surface area contributed by atoms with Gasteiger partial charge in [0.2, 0.25) is 5.91 Å². The quantitative estimate of drug-likeness (QED) is 0.356. The first-order chi connectivity index (χ1) is 14.7. The van der Waals surface area contributed by atoms with Crippen LogP contribution in [0.5, 0.6) is 0 Å². The van der Waals surface area contributed by atoms with Crippen LogP contribution < -0.4 is 5.32 Å². The van der Waals surface area contributed by atoms with Crippen LogP contribution in [0.1, 0.15) is 11.1 Å². The molecular weight excluding hydrogens is 412 g/mol. The Hall–Kier alpha value is -3.21. The van der Waals surface area contributed by atoms with Gasteiger partial charge in [-0.1, -0.05) is 72.3 Å². The third kappa shape index (κ3) is 5.23. The van der Waals surface area contributed by atoms with Crippen LogP contribution in [0, 0.1) is 0 Å². The first-order valence-electron chi connectivity index (χ1n) is 9.49. The number of rotatable bonds is 6. The van der Waals surface area contributed by atoms with Gasteiger partial charge in [-0.05, 0) is 35.4 Å². The number of carbonyl (C=O) groups is 1. The molecule has 0 unspecified atom stereocenters. The van der Waals surface area contributed by atoms with E-state index in [-0.39, 0.29) is 5.91 Å². The van der Waals surface area contributed by atoms with E-state index in [0.29, 0.717) is 11.6 Å². The van der Waals surface area contributed by atoms with E-state index in [9.17, 15) is 4.79 Å². The minimum Gasteiger partial charge on any atom is -0.348 e. The fourth-order valence-electron chi connectivity index (χ4n) is 2.96. The summed E-state index contributed by atoms with van der Waals surface area (Å²) < 4.78 is 0. The largest absolute Gasteiger partial charge is 0.348 e. The van der Waals surface area contributed by atoms with E-state index in [1.165, 1.54) is 6.08 Å². The molecule has 0 aliphatic rings. The van der Waals surface area contributed by atoms with E-state index >= 15 is 0 Å². The van der Waals surface area contributed by atoms with Crippen LogP contribution in [0.15, 0.2) is 90.3 Å². The number of benzene rings is 3. The molecule has 0 aliphatic carbocycles. The van der Waals surface area contributed by atoms with E-state index < -0.39 is 0 Å². The molecule has 1 heterocycles. The molecule has 0 saturated heterocycles. The molecule has 1 aromatic heterocycles. The monoisotopic (exact) mass is 430 g/mol. The molecule has 5 heteroatoms. The number of hydrogen-bond donors (Lipinski definition) is 1. The van der Waals surface area contributed by atoms with Gasteiger partial charge in [0.05, 0.1) is 5.69 Å². The molecule has 0 atom stereocenters. The third-order valence-electron chi connectivity index (χ3n) is 4.51. The Morgan fingerprint density at radius 3 is 2.53 bits per heavy atom. The molecule has 0 bridgehead atoms. The van der Waals surface area contributed by atoms with Gasteiger partial charge in [0.15, 0.2) is 0 Å². The summed E-state index contributed by atoms with van der Waals surface area (Å²) in [5, 5.41) is 6.63. The second-order valence-electron chi connectivity index (χ2n) is 6.71. The summed E-state index contributed by atoms with van der Waals surface area (Å²) in [4.78, 5) is 16.9. The molecule has 0 aliphatic heterocycles. The summed E-state index contributed by atoms with van der Waals surface area (Å²) in [5.41, 5.74) is 5.08. The van der Waals surface area contributed by atoms with Crippen LogP contribution in [0.4, 0.5) is 0 Å². The lowest BCUT2D eigenvalue weighted by Gasteiger charge is -2.05. The molecule has 0 saturated carbocycles. The average molecular weight is 431 g/mol. The van der Waals surface area contributed by atoms with E-state index in [2.05, 4.69) is 28.9 Å². The average Bonchev–Trinajstić information content (AvgIpc) is 3.29. The minimum absolute atomic E-state index is 0.143. The number of nitrogens with one attached hydrogen (secondary N) is 1. The number of halogens is 1. The van der Waals surface area contributed by atoms with Gasteiger partial charge in [0.25, 0.3) is 0 Å². The Bertz CT molecular complexity index is 1170. The van der Waals surface area contributed by atoms with Gasteiger partial charge in [-0.2, -0.15) is 0 Å². The van der Waals surface area contributed by atoms with Crippen molar-refractivity contribution in [3.05, 3.63) is 106 Å². The predicted molar refractivity (Wildman–Crippen MR) is 125 cm³/mol. The van der Waals surface area contributed by atoms with Gasteiger partial charge in [0.1, 0.15) is 5.01 Å². The maximum atomic E-state index is 12.1. The van der Waals surface area contributed by atoms with Gasteiger partial charge in [-0.25, -0.2) is 4.98 Å². The number of aromatic nitrogens is 1. The van der Waals surface area contributed by atoms with Crippen LogP contribution in [-0.2, 0) is 11.3 Å². The topological polar surface area (TPSA) is 42.0 Å². The number of thiazole rings is 1. The Kier molecular flexibility index (Phi) is 6.38. The van der Waals surface area contributed by atoms with Gasteiger partial charge in [-0.3, -0.25) is 4.79 Å². The van der Waals surface area contributed by atoms with Crippen LogP contribution in [0.3, 0.4) is 0 Å². The molecule has 3 aromatic carbocycles. The minimum atomic E-state index is -0.143. The summed E-state index contributed by atoms with van der Waals surface area (Å²) in [6, 6.07) is 25.6. The third-order valence-corrected chi connectivity index (χ3v) is 5.65. The number of amides is 1.